The van der Waals surface area contributed by atoms with E-state index < -0.39 is 5.97 Å². The van der Waals surface area contributed by atoms with Crippen LogP contribution in [-0.2, 0) is 4.79 Å². The Kier molecular flexibility index (Phi) is 3.09. The molecule has 1 N–H and O–H groups in total. The molecule has 0 bridgehead atoms. The summed E-state index contributed by atoms with van der Waals surface area (Å²) < 4.78 is 0. The molecule has 1 saturated carbocycles. The van der Waals surface area contributed by atoms with Crippen LogP contribution in [0.4, 0.5) is 0 Å². The summed E-state index contributed by atoms with van der Waals surface area (Å²) in [4.78, 5) is 12.4. The van der Waals surface area contributed by atoms with Gasteiger partial charge in [-0.3, -0.25) is 9.69 Å². The van der Waals surface area contributed by atoms with Gasteiger partial charge in [0.05, 0.1) is 6.54 Å². The topological polar surface area (TPSA) is 40.5 Å². The molecule has 3 heteroatoms. The van der Waals surface area contributed by atoms with Crippen molar-refractivity contribution in [1.82, 2.24) is 4.90 Å². The van der Waals surface area contributed by atoms with Gasteiger partial charge in [0.25, 0.3) is 0 Å². The van der Waals surface area contributed by atoms with Gasteiger partial charge in [-0.15, -0.1) is 0 Å². The van der Waals surface area contributed by atoms with E-state index in [1.807, 2.05) is 11.9 Å². The first kappa shape index (κ1) is 9.52. The van der Waals surface area contributed by atoms with Crippen molar-refractivity contribution in [2.45, 2.75) is 32.2 Å². The number of aliphatic carboxylic acids is 1. The highest BCUT2D eigenvalue weighted by atomic mass is 16.4. The van der Waals surface area contributed by atoms with E-state index in [0.29, 0.717) is 12.0 Å². The normalized spacial score (nSPS) is 29.6. The lowest BCUT2D eigenvalue weighted by atomic mass is 10.1. The van der Waals surface area contributed by atoms with E-state index in [-0.39, 0.29) is 6.54 Å². The molecule has 2 atom stereocenters. The summed E-state index contributed by atoms with van der Waals surface area (Å²) >= 11 is 0. The van der Waals surface area contributed by atoms with E-state index in [1.54, 1.807) is 0 Å². The predicted molar refractivity (Wildman–Crippen MR) is 47.1 cm³/mol. The molecule has 1 fully saturated rings. The minimum atomic E-state index is -0.725. The van der Waals surface area contributed by atoms with Crippen LogP contribution < -0.4 is 0 Å². The highest BCUT2D eigenvalue weighted by Crippen LogP contribution is 2.28. The van der Waals surface area contributed by atoms with E-state index in [9.17, 15) is 4.79 Å². The van der Waals surface area contributed by atoms with Crippen LogP contribution in [0.5, 0.6) is 0 Å². The van der Waals surface area contributed by atoms with Crippen molar-refractivity contribution in [3.63, 3.8) is 0 Å². The second-order valence-electron chi connectivity index (χ2n) is 3.78. The highest BCUT2D eigenvalue weighted by Gasteiger charge is 2.27. The number of likely N-dealkylation sites (N-methyl/N-ethyl adjacent to an activating group) is 1. The molecule has 0 saturated heterocycles. The summed E-state index contributed by atoms with van der Waals surface area (Å²) in [5.41, 5.74) is 0. The number of nitrogens with zero attached hydrogens (tertiary/aromatic N) is 1. The highest BCUT2D eigenvalue weighted by molar-refractivity contribution is 5.69. The summed E-state index contributed by atoms with van der Waals surface area (Å²) in [5.74, 6) is -0.0639. The zero-order chi connectivity index (χ0) is 9.14. The molecule has 0 heterocycles. The fourth-order valence-corrected chi connectivity index (χ4v) is 2.11. The second-order valence-corrected chi connectivity index (χ2v) is 3.78. The maximum absolute atomic E-state index is 10.4. The van der Waals surface area contributed by atoms with Crippen molar-refractivity contribution >= 4 is 5.97 Å². The van der Waals surface area contributed by atoms with Gasteiger partial charge in [0.2, 0.25) is 0 Å². The van der Waals surface area contributed by atoms with Gasteiger partial charge in [-0.1, -0.05) is 13.3 Å². The van der Waals surface area contributed by atoms with Crippen LogP contribution in [0.2, 0.25) is 0 Å². The largest absolute Gasteiger partial charge is 0.480 e. The summed E-state index contributed by atoms with van der Waals surface area (Å²) in [6.45, 7) is 2.38. The number of carboxylic acids is 1. The second kappa shape index (κ2) is 3.90. The zero-order valence-electron chi connectivity index (χ0n) is 7.79. The van der Waals surface area contributed by atoms with Crippen molar-refractivity contribution in [3.05, 3.63) is 0 Å². The molecule has 1 aliphatic rings. The Morgan fingerprint density at radius 1 is 1.58 bits per heavy atom. The number of rotatable bonds is 3. The van der Waals surface area contributed by atoms with E-state index in [2.05, 4.69) is 6.92 Å². The minimum absolute atomic E-state index is 0.176. The molecule has 0 aliphatic heterocycles. The van der Waals surface area contributed by atoms with E-state index in [1.165, 1.54) is 12.8 Å². The third-order valence-corrected chi connectivity index (χ3v) is 2.77. The van der Waals surface area contributed by atoms with Crippen molar-refractivity contribution in [2.24, 2.45) is 5.92 Å². The summed E-state index contributed by atoms with van der Waals surface area (Å²) in [7, 11) is 1.90. The van der Waals surface area contributed by atoms with Gasteiger partial charge in [0, 0.05) is 6.04 Å². The first-order valence-corrected chi connectivity index (χ1v) is 4.53. The molecule has 1 unspecified atom stereocenters. The first-order chi connectivity index (χ1) is 5.61. The quantitative estimate of drug-likeness (QED) is 0.693. The third-order valence-electron chi connectivity index (χ3n) is 2.77. The number of hydrogen-bond acceptors (Lipinski definition) is 2. The van der Waals surface area contributed by atoms with E-state index >= 15 is 0 Å². The molecular weight excluding hydrogens is 154 g/mol. The lowest BCUT2D eigenvalue weighted by molar-refractivity contribution is -0.138. The Balaban J connectivity index is 2.40. The molecule has 1 rings (SSSR count). The van der Waals surface area contributed by atoms with Crippen molar-refractivity contribution in [2.75, 3.05) is 13.6 Å². The van der Waals surface area contributed by atoms with Gasteiger partial charge >= 0.3 is 5.97 Å². The van der Waals surface area contributed by atoms with Crippen molar-refractivity contribution < 1.29 is 9.90 Å². The average Bonchev–Trinajstić information content (AvgIpc) is 2.33. The van der Waals surface area contributed by atoms with Crippen LogP contribution in [0.1, 0.15) is 26.2 Å². The number of hydrogen-bond donors (Lipinski definition) is 1. The molecule has 0 radical (unpaired) electrons. The average molecular weight is 171 g/mol. The fourth-order valence-electron chi connectivity index (χ4n) is 2.11. The van der Waals surface area contributed by atoms with Crippen LogP contribution in [0.15, 0.2) is 0 Å². The van der Waals surface area contributed by atoms with E-state index in [0.717, 1.165) is 6.42 Å². The fraction of sp³-hybridized carbons (Fsp3) is 0.889. The van der Waals surface area contributed by atoms with Gasteiger partial charge in [-0.2, -0.15) is 0 Å². The van der Waals surface area contributed by atoms with E-state index in [4.69, 9.17) is 5.11 Å². The van der Waals surface area contributed by atoms with Crippen LogP contribution in [0.25, 0.3) is 0 Å². The number of carbonyl (C=O) groups is 1. The first-order valence-electron chi connectivity index (χ1n) is 4.53. The minimum Gasteiger partial charge on any atom is -0.480 e. The van der Waals surface area contributed by atoms with Gasteiger partial charge < -0.3 is 5.11 Å². The Bertz CT molecular complexity index is 170. The third kappa shape index (κ3) is 2.21. The summed E-state index contributed by atoms with van der Waals surface area (Å²) in [5, 5.41) is 8.59. The Labute approximate surface area is 73.4 Å². The zero-order valence-corrected chi connectivity index (χ0v) is 7.79. The van der Waals surface area contributed by atoms with Gasteiger partial charge in [0.1, 0.15) is 0 Å². The molecule has 3 nitrogen and oxygen atoms in total. The Morgan fingerprint density at radius 3 is 2.67 bits per heavy atom. The van der Waals surface area contributed by atoms with Crippen molar-refractivity contribution in [3.8, 4) is 0 Å². The maximum atomic E-state index is 10.4. The molecule has 0 aromatic heterocycles. The van der Waals surface area contributed by atoms with Crippen LogP contribution in [-0.4, -0.2) is 35.6 Å². The Morgan fingerprint density at radius 2 is 2.25 bits per heavy atom. The van der Waals surface area contributed by atoms with Crippen LogP contribution in [0, 0.1) is 5.92 Å². The smallest absolute Gasteiger partial charge is 0.317 e. The monoisotopic (exact) mass is 171 g/mol. The van der Waals surface area contributed by atoms with Gasteiger partial charge in [0.15, 0.2) is 0 Å². The van der Waals surface area contributed by atoms with Gasteiger partial charge in [-0.05, 0) is 25.8 Å². The lowest BCUT2D eigenvalue weighted by Crippen LogP contribution is -2.37. The molecule has 0 spiro atoms. The SMILES string of the molecule is C[C@@H]1CCCC1N(C)CC(=O)O. The maximum Gasteiger partial charge on any atom is 0.317 e. The molecular formula is C9H17NO2. The molecule has 70 valence electrons. The van der Waals surface area contributed by atoms with Crippen LogP contribution in [0.3, 0.4) is 0 Å². The lowest BCUT2D eigenvalue weighted by Gasteiger charge is -2.25. The molecule has 0 aromatic carbocycles. The Hall–Kier alpha value is -0.570. The molecule has 1 aliphatic carbocycles. The summed E-state index contributed by atoms with van der Waals surface area (Å²) in [6, 6.07) is 0.487. The number of carboxylic acid groups (broad SMARTS) is 1. The molecule has 12 heavy (non-hydrogen) atoms. The molecule has 0 aromatic rings. The molecule has 0 amide bonds. The van der Waals surface area contributed by atoms with Crippen LogP contribution >= 0.6 is 0 Å². The standard InChI is InChI=1S/C9H17NO2/c1-7-4-3-5-8(7)10(2)6-9(11)12/h7-8H,3-6H2,1-2H3,(H,11,12)/t7-,8?/m1/s1. The predicted octanol–water partition coefficient (Wildman–Crippen LogP) is 1.19. The van der Waals surface area contributed by atoms with Gasteiger partial charge in [-0.25, -0.2) is 0 Å². The van der Waals surface area contributed by atoms with Crippen molar-refractivity contribution in [1.29, 1.82) is 0 Å². The summed E-state index contributed by atoms with van der Waals surface area (Å²) in [6.07, 6.45) is 3.65.